The summed E-state index contributed by atoms with van der Waals surface area (Å²) < 4.78 is 16.1. The van der Waals surface area contributed by atoms with Crippen LogP contribution in [0.3, 0.4) is 0 Å². The van der Waals surface area contributed by atoms with Gasteiger partial charge in [-0.15, -0.1) is 0 Å². The number of aromatic nitrogens is 1. The number of para-hydroxylation sites is 1. The molecule has 1 fully saturated rings. The summed E-state index contributed by atoms with van der Waals surface area (Å²) in [6.45, 7) is 2.37. The predicted molar refractivity (Wildman–Crippen MR) is 111 cm³/mol. The van der Waals surface area contributed by atoms with E-state index < -0.39 is 0 Å². The van der Waals surface area contributed by atoms with Gasteiger partial charge in [0.1, 0.15) is 5.82 Å². The molecular formula is C21H16ClFN2O2S. The molecule has 2 aromatic carbocycles. The molecule has 142 valence electrons. The SMILES string of the molecule is CCN1C(=O)S/C(=C\c2cn(Cc3c(F)cccc3Cl)c3ccccc23)C1=O. The first-order valence-electron chi connectivity index (χ1n) is 8.75. The molecule has 0 N–H and O–H groups in total. The minimum atomic E-state index is -0.365. The van der Waals surface area contributed by atoms with Gasteiger partial charge in [-0.25, -0.2) is 4.39 Å². The van der Waals surface area contributed by atoms with E-state index in [4.69, 9.17) is 11.6 Å². The molecule has 4 nitrogen and oxygen atoms in total. The quantitative estimate of drug-likeness (QED) is 0.526. The molecule has 3 aromatic rings. The Morgan fingerprint density at radius 2 is 1.93 bits per heavy atom. The van der Waals surface area contributed by atoms with Crippen LogP contribution in [0.2, 0.25) is 5.02 Å². The van der Waals surface area contributed by atoms with E-state index in [0.29, 0.717) is 22.0 Å². The van der Waals surface area contributed by atoms with Crippen molar-refractivity contribution in [3.8, 4) is 0 Å². The topological polar surface area (TPSA) is 42.3 Å². The first-order chi connectivity index (χ1) is 13.5. The van der Waals surface area contributed by atoms with Gasteiger partial charge in [0.25, 0.3) is 11.1 Å². The van der Waals surface area contributed by atoms with Crippen molar-refractivity contribution in [1.29, 1.82) is 0 Å². The van der Waals surface area contributed by atoms with Gasteiger partial charge in [0.05, 0.1) is 11.4 Å². The normalized spacial score (nSPS) is 16.0. The van der Waals surface area contributed by atoms with Crippen LogP contribution in [-0.2, 0) is 11.3 Å². The Morgan fingerprint density at radius 3 is 2.64 bits per heavy atom. The number of rotatable bonds is 4. The van der Waals surface area contributed by atoms with Crippen LogP contribution in [-0.4, -0.2) is 27.2 Å². The van der Waals surface area contributed by atoms with Crippen molar-refractivity contribution in [2.45, 2.75) is 13.5 Å². The number of likely N-dealkylation sites (N-methyl/N-ethyl adjacent to an activating group) is 1. The van der Waals surface area contributed by atoms with Gasteiger partial charge in [-0.05, 0) is 43.0 Å². The van der Waals surface area contributed by atoms with Crippen LogP contribution < -0.4 is 0 Å². The van der Waals surface area contributed by atoms with Crippen LogP contribution >= 0.6 is 23.4 Å². The Hall–Kier alpha value is -2.57. The molecule has 0 atom stereocenters. The minimum Gasteiger partial charge on any atom is -0.342 e. The molecular weight excluding hydrogens is 399 g/mol. The summed E-state index contributed by atoms with van der Waals surface area (Å²) in [6.07, 6.45) is 3.58. The van der Waals surface area contributed by atoms with Gasteiger partial charge in [0.2, 0.25) is 0 Å². The lowest BCUT2D eigenvalue weighted by Gasteiger charge is -2.08. The molecule has 4 rings (SSSR count). The fourth-order valence-corrected chi connectivity index (χ4v) is 4.41. The third-order valence-corrected chi connectivity index (χ3v) is 5.95. The number of thioether (sulfide) groups is 1. The highest BCUT2D eigenvalue weighted by Gasteiger charge is 2.33. The second-order valence-electron chi connectivity index (χ2n) is 6.36. The van der Waals surface area contributed by atoms with Crippen molar-refractivity contribution in [3.05, 3.63) is 75.5 Å². The summed E-state index contributed by atoms with van der Waals surface area (Å²) in [5.41, 5.74) is 2.09. The molecule has 0 saturated carbocycles. The average Bonchev–Trinajstić information content (AvgIpc) is 3.15. The van der Waals surface area contributed by atoms with E-state index >= 15 is 0 Å². The smallest absolute Gasteiger partial charge is 0.293 e. The zero-order valence-electron chi connectivity index (χ0n) is 15.0. The third kappa shape index (κ3) is 3.23. The van der Waals surface area contributed by atoms with Crippen molar-refractivity contribution in [2.75, 3.05) is 6.54 Å². The van der Waals surface area contributed by atoms with Crippen LogP contribution in [0.5, 0.6) is 0 Å². The molecule has 1 saturated heterocycles. The van der Waals surface area contributed by atoms with E-state index in [2.05, 4.69) is 0 Å². The van der Waals surface area contributed by atoms with Crippen molar-refractivity contribution in [2.24, 2.45) is 0 Å². The van der Waals surface area contributed by atoms with Crippen LogP contribution in [0.15, 0.2) is 53.6 Å². The molecule has 1 aromatic heterocycles. The maximum atomic E-state index is 14.2. The molecule has 0 unspecified atom stereocenters. The van der Waals surface area contributed by atoms with Crippen LogP contribution in [0.25, 0.3) is 17.0 Å². The molecule has 0 aliphatic carbocycles. The summed E-state index contributed by atoms with van der Waals surface area (Å²) in [5.74, 6) is -0.651. The lowest BCUT2D eigenvalue weighted by atomic mass is 10.1. The van der Waals surface area contributed by atoms with Crippen molar-refractivity contribution in [1.82, 2.24) is 9.47 Å². The van der Waals surface area contributed by atoms with E-state index in [9.17, 15) is 14.0 Å². The van der Waals surface area contributed by atoms with Gasteiger partial charge in [-0.1, -0.05) is 35.9 Å². The minimum absolute atomic E-state index is 0.260. The van der Waals surface area contributed by atoms with Gasteiger partial charge in [-0.3, -0.25) is 14.5 Å². The zero-order chi connectivity index (χ0) is 19.8. The number of benzene rings is 2. The summed E-state index contributed by atoms with van der Waals surface area (Å²) in [6, 6.07) is 12.3. The summed E-state index contributed by atoms with van der Waals surface area (Å²) in [5, 5.41) is 1.02. The second-order valence-corrected chi connectivity index (χ2v) is 7.76. The highest BCUT2D eigenvalue weighted by molar-refractivity contribution is 8.18. The Bertz CT molecular complexity index is 1120. The fourth-order valence-electron chi connectivity index (χ4n) is 3.29. The maximum absolute atomic E-state index is 14.2. The van der Waals surface area contributed by atoms with Crippen LogP contribution in [0.4, 0.5) is 9.18 Å². The molecule has 2 heterocycles. The van der Waals surface area contributed by atoms with Gasteiger partial charge in [-0.2, -0.15) is 0 Å². The molecule has 2 amide bonds. The number of hydrogen-bond acceptors (Lipinski definition) is 3. The predicted octanol–water partition coefficient (Wildman–Crippen LogP) is 5.54. The molecule has 1 aliphatic rings. The Labute approximate surface area is 170 Å². The second kappa shape index (κ2) is 7.45. The molecule has 0 spiro atoms. The summed E-state index contributed by atoms with van der Waals surface area (Å²) in [4.78, 5) is 26.0. The zero-order valence-corrected chi connectivity index (χ0v) is 16.6. The van der Waals surface area contributed by atoms with E-state index in [-0.39, 0.29) is 23.5 Å². The first kappa shape index (κ1) is 18.8. The highest BCUT2D eigenvalue weighted by Crippen LogP contribution is 2.34. The van der Waals surface area contributed by atoms with Crippen LogP contribution in [0.1, 0.15) is 18.1 Å². The largest absolute Gasteiger partial charge is 0.342 e. The van der Waals surface area contributed by atoms with Crippen molar-refractivity contribution >= 4 is 51.5 Å². The number of imide groups is 1. The Balaban J connectivity index is 1.79. The molecule has 28 heavy (non-hydrogen) atoms. The number of halogens is 2. The maximum Gasteiger partial charge on any atom is 0.293 e. The van der Waals surface area contributed by atoms with E-state index in [1.807, 2.05) is 35.0 Å². The summed E-state index contributed by atoms with van der Waals surface area (Å²) >= 11 is 7.12. The standard InChI is InChI=1S/C21H16ClFN2O2S/c1-2-25-20(26)19(28-21(25)27)10-13-11-24(18-9-4-3-6-14(13)18)12-15-16(22)7-5-8-17(15)23/h3-11H,2,12H2,1H3/b19-10-. The van der Waals surface area contributed by atoms with E-state index in [1.165, 1.54) is 11.0 Å². The average molecular weight is 415 g/mol. The monoisotopic (exact) mass is 414 g/mol. The van der Waals surface area contributed by atoms with E-state index in [0.717, 1.165) is 28.2 Å². The fraction of sp³-hybridized carbons (Fsp3) is 0.143. The first-order valence-corrected chi connectivity index (χ1v) is 9.95. The third-order valence-electron chi connectivity index (χ3n) is 4.69. The molecule has 0 bridgehead atoms. The van der Waals surface area contributed by atoms with Gasteiger partial charge < -0.3 is 4.57 Å². The summed E-state index contributed by atoms with van der Waals surface area (Å²) in [7, 11) is 0. The molecule has 1 aliphatic heterocycles. The van der Waals surface area contributed by atoms with E-state index in [1.54, 1.807) is 25.1 Å². The molecule has 7 heteroatoms. The van der Waals surface area contributed by atoms with Crippen molar-refractivity contribution in [3.63, 3.8) is 0 Å². The number of hydrogen-bond donors (Lipinski definition) is 0. The Morgan fingerprint density at radius 1 is 1.14 bits per heavy atom. The van der Waals surface area contributed by atoms with Gasteiger partial charge in [0.15, 0.2) is 0 Å². The lowest BCUT2D eigenvalue weighted by molar-refractivity contribution is -0.122. The number of nitrogens with zero attached hydrogens (tertiary/aromatic N) is 2. The lowest BCUT2D eigenvalue weighted by Crippen LogP contribution is -2.27. The van der Waals surface area contributed by atoms with Gasteiger partial charge >= 0.3 is 0 Å². The van der Waals surface area contributed by atoms with Gasteiger partial charge in [0, 0.05) is 39.8 Å². The number of fused-ring (bicyclic) bond motifs is 1. The van der Waals surface area contributed by atoms with Crippen molar-refractivity contribution < 1.29 is 14.0 Å². The number of carbonyl (C=O) groups is 2. The van der Waals surface area contributed by atoms with Crippen LogP contribution in [0, 0.1) is 5.82 Å². The number of amides is 2. The number of carbonyl (C=O) groups excluding carboxylic acids is 2. The Kier molecular flexibility index (Phi) is 5.00. The highest BCUT2D eigenvalue weighted by atomic mass is 35.5. The molecule has 0 radical (unpaired) electrons.